The highest BCUT2D eigenvalue weighted by atomic mass is 32.1. The third kappa shape index (κ3) is 6.08. The maximum absolute atomic E-state index is 13.6. The van der Waals surface area contributed by atoms with Gasteiger partial charge in [-0.2, -0.15) is 0 Å². The number of aromatic nitrogens is 1. The number of rotatable bonds is 9. The number of thiazole rings is 1. The molecular formula is C30H36N4O3S. The van der Waals surface area contributed by atoms with Gasteiger partial charge in [-0.15, -0.1) is 11.3 Å². The van der Waals surface area contributed by atoms with Crippen molar-refractivity contribution in [2.75, 3.05) is 33.7 Å². The van der Waals surface area contributed by atoms with E-state index in [0.717, 1.165) is 67.1 Å². The summed E-state index contributed by atoms with van der Waals surface area (Å²) in [6.07, 6.45) is 5.12. The van der Waals surface area contributed by atoms with Crippen LogP contribution in [-0.2, 0) is 17.8 Å². The Hall–Kier alpha value is -3.23. The minimum atomic E-state index is -0.166. The SMILES string of the molecule is CN(C)CCNC(=O)c1csc(COc2ccc3c(c2)C(c2ccccc2)N(C(=O)C2CCCC2)CC3)n1. The normalized spacial score (nSPS) is 17.4. The number of carbonyl (C=O) groups is 2. The van der Waals surface area contributed by atoms with E-state index < -0.39 is 0 Å². The van der Waals surface area contributed by atoms with E-state index in [-0.39, 0.29) is 30.4 Å². The minimum absolute atomic E-state index is 0.117. The van der Waals surface area contributed by atoms with Gasteiger partial charge in [0, 0.05) is 30.9 Å². The van der Waals surface area contributed by atoms with E-state index in [0.29, 0.717) is 12.2 Å². The Bertz CT molecular complexity index is 1250. The number of ether oxygens (including phenoxy) is 1. The molecular weight excluding hydrogens is 496 g/mol. The molecule has 0 spiro atoms. The molecule has 1 fully saturated rings. The summed E-state index contributed by atoms with van der Waals surface area (Å²) in [6.45, 7) is 2.38. The molecule has 1 aromatic heterocycles. The van der Waals surface area contributed by atoms with E-state index in [1.54, 1.807) is 5.38 Å². The molecule has 38 heavy (non-hydrogen) atoms. The molecule has 2 heterocycles. The first-order chi connectivity index (χ1) is 18.5. The molecule has 1 unspecified atom stereocenters. The number of hydrogen-bond donors (Lipinski definition) is 1. The maximum Gasteiger partial charge on any atom is 0.270 e. The Kier molecular flexibility index (Phi) is 8.39. The number of benzene rings is 2. The molecule has 1 aliphatic carbocycles. The fourth-order valence-electron chi connectivity index (χ4n) is 5.43. The van der Waals surface area contributed by atoms with Crippen LogP contribution >= 0.6 is 11.3 Å². The van der Waals surface area contributed by atoms with Crippen LogP contribution in [0, 0.1) is 5.92 Å². The lowest BCUT2D eigenvalue weighted by atomic mass is 9.87. The van der Waals surface area contributed by atoms with Crippen molar-refractivity contribution >= 4 is 23.2 Å². The molecule has 8 heteroatoms. The van der Waals surface area contributed by atoms with Crippen molar-refractivity contribution in [2.45, 2.75) is 44.8 Å². The Morgan fingerprint density at radius 1 is 1.13 bits per heavy atom. The first-order valence-corrected chi connectivity index (χ1v) is 14.4. The summed E-state index contributed by atoms with van der Waals surface area (Å²) < 4.78 is 6.15. The summed E-state index contributed by atoms with van der Waals surface area (Å²) in [5.41, 5.74) is 3.93. The molecule has 7 nitrogen and oxygen atoms in total. The smallest absolute Gasteiger partial charge is 0.270 e. The number of nitrogens with one attached hydrogen (secondary N) is 1. The molecule has 2 aromatic carbocycles. The van der Waals surface area contributed by atoms with Crippen LogP contribution < -0.4 is 10.1 Å². The van der Waals surface area contributed by atoms with Gasteiger partial charge in [0.05, 0.1) is 6.04 Å². The second-order valence-electron chi connectivity index (χ2n) is 10.4. The van der Waals surface area contributed by atoms with E-state index in [9.17, 15) is 9.59 Å². The molecule has 0 saturated heterocycles. The Labute approximate surface area is 228 Å². The van der Waals surface area contributed by atoms with Crippen molar-refractivity contribution in [2.24, 2.45) is 5.92 Å². The third-order valence-corrected chi connectivity index (χ3v) is 8.26. The molecule has 1 atom stereocenters. The molecule has 0 bridgehead atoms. The molecule has 1 N–H and O–H groups in total. The number of likely N-dealkylation sites (N-methyl/N-ethyl adjacent to an activating group) is 1. The molecule has 2 amide bonds. The van der Waals surface area contributed by atoms with E-state index in [1.165, 1.54) is 16.9 Å². The highest BCUT2D eigenvalue weighted by molar-refractivity contribution is 7.09. The van der Waals surface area contributed by atoms with Gasteiger partial charge in [-0.1, -0.05) is 49.2 Å². The van der Waals surface area contributed by atoms with Gasteiger partial charge in [0.1, 0.15) is 23.1 Å². The minimum Gasteiger partial charge on any atom is -0.486 e. The van der Waals surface area contributed by atoms with Crippen molar-refractivity contribution in [3.63, 3.8) is 0 Å². The fraction of sp³-hybridized carbons (Fsp3) is 0.433. The van der Waals surface area contributed by atoms with Crippen LogP contribution in [-0.4, -0.2) is 60.3 Å². The molecule has 1 aliphatic heterocycles. The molecule has 200 valence electrons. The van der Waals surface area contributed by atoms with Crippen molar-refractivity contribution in [1.82, 2.24) is 20.1 Å². The Balaban J connectivity index is 1.32. The predicted octanol–water partition coefficient (Wildman–Crippen LogP) is 4.68. The van der Waals surface area contributed by atoms with Gasteiger partial charge in [0.15, 0.2) is 0 Å². The summed E-state index contributed by atoms with van der Waals surface area (Å²) >= 11 is 1.42. The van der Waals surface area contributed by atoms with Crippen molar-refractivity contribution < 1.29 is 14.3 Å². The van der Waals surface area contributed by atoms with Gasteiger partial charge < -0.3 is 19.9 Å². The average Bonchev–Trinajstić information content (AvgIpc) is 3.64. The van der Waals surface area contributed by atoms with Gasteiger partial charge in [-0.3, -0.25) is 9.59 Å². The van der Waals surface area contributed by atoms with E-state index >= 15 is 0 Å². The van der Waals surface area contributed by atoms with Gasteiger partial charge >= 0.3 is 0 Å². The maximum atomic E-state index is 13.6. The summed E-state index contributed by atoms with van der Waals surface area (Å²) in [7, 11) is 3.94. The monoisotopic (exact) mass is 532 g/mol. The van der Waals surface area contributed by atoms with E-state index in [1.807, 2.05) is 43.3 Å². The largest absolute Gasteiger partial charge is 0.486 e. The van der Waals surface area contributed by atoms with Crippen LogP contribution in [0.15, 0.2) is 53.9 Å². The lowest BCUT2D eigenvalue weighted by molar-refractivity contribution is -0.137. The third-order valence-electron chi connectivity index (χ3n) is 7.44. The zero-order valence-electron chi connectivity index (χ0n) is 22.2. The van der Waals surface area contributed by atoms with Crippen molar-refractivity contribution in [3.8, 4) is 5.75 Å². The second kappa shape index (κ2) is 12.1. The second-order valence-corrected chi connectivity index (χ2v) is 11.4. The summed E-state index contributed by atoms with van der Waals surface area (Å²) in [5.74, 6) is 1.00. The molecule has 5 rings (SSSR count). The van der Waals surface area contributed by atoms with E-state index in [2.05, 4.69) is 39.5 Å². The summed E-state index contributed by atoms with van der Waals surface area (Å²) in [5, 5.41) is 5.42. The topological polar surface area (TPSA) is 74.8 Å². The van der Waals surface area contributed by atoms with Gasteiger partial charge in [0.2, 0.25) is 5.91 Å². The summed E-state index contributed by atoms with van der Waals surface area (Å²) in [4.78, 5) is 34.5. The molecule has 2 aliphatic rings. The van der Waals surface area contributed by atoms with Crippen molar-refractivity contribution in [3.05, 3.63) is 81.3 Å². The molecule has 0 radical (unpaired) electrons. The highest BCUT2D eigenvalue weighted by Crippen LogP contribution is 2.39. The lowest BCUT2D eigenvalue weighted by Crippen LogP contribution is -2.43. The van der Waals surface area contributed by atoms with Crippen LogP contribution in [0.2, 0.25) is 0 Å². The highest BCUT2D eigenvalue weighted by Gasteiger charge is 2.36. The quantitative estimate of drug-likeness (QED) is 0.433. The first kappa shape index (κ1) is 26.4. The van der Waals surface area contributed by atoms with Gasteiger partial charge in [-0.25, -0.2) is 4.98 Å². The zero-order valence-corrected chi connectivity index (χ0v) is 23.0. The summed E-state index contributed by atoms with van der Waals surface area (Å²) in [6, 6.07) is 16.4. The predicted molar refractivity (Wildman–Crippen MR) is 149 cm³/mol. The number of hydrogen-bond acceptors (Lipinski definition) is 6. The van der Waals surface area contributed by atoms with Crippen LogP contribution in [0.3, 0.4) is 0 Å². The average molecular weight is 533 g/mol. The number of carbonyl (C=O) groups excluding carboxylic acids is 2. The zero-order chi connectivity index (χ0) is 26.5. The van der Waals surface area contributed by atoms with Crippen molar-refractivity contribution in [1.29, 1.82) is 0 Å². The number of fused-ring (bicyclic) bond motifs is 1. The Morgan fingerprint density at radius 2 is 1.92 bits per heavy atom. The molecule has 1 saturated carbocycles. The molecule has 3 aromatic rings. The fourth-order valence-corrected chi connectivity index (χ4v) is 6.12. The van der Waals surface area contributed by atoms with E-state index in [4.69, 9.17) is 4.74 Å². The first-order valence-electron chi connectivity index (χ1n) is 13.5. The Morgan fingerprint density at radius 3 is 2.68 bits per heavy atom. The van der Waals surface area contributed by atoms with Gasteiger partial charge in [0.25, 0.3) is 5.91 Å². The number of nitrogens with zero attached hydrogens (tertiary/aromatic N) is 3. The van der Waals surface area contributed by atoms with Crippen LogP contribution in [0.25, 0.3) is 0 Å². The van der Waals surface area contributed by atoms with Crippen LogP contribution in [0.4, 0.5) is 0 Å². The van der Waals surface area contributed by atoms with Crippen LogP contribution in [0.1, 0.15) is 63.9 Å². The standard InChI is InChI=1S/C30H36N4O3S/c1-33(2)17-15-31-29(35)26-20-38-27(32-26)19-37-24-13-12-21-14-16-34(30(36)23-10-6-7-11-23)28(25(21)18-24)22-8-4-3-5-9-22/h3-5,8-9,12-13,18,20,23,28H,6-7,10-11,14-17,19H2,1-2H3,(H,31,35). The lowest BCUT2D eigenvalue weighted by Gasteiger charge is -2.39. The van der Waals surface area contributed by atoms with Crippen LogP contribution in [0.5, 0.6) is 5.75 Å². The number of amides is 2. The van der Waals surface area contributed by atoms with Gasteiger partial charge in [-0.05, 0) is 62.2 Å².